The van der Waals surface area contributed by atoms with Crippen LogP contribution in [0.2, 0.25) is 0 Å². The molecule has 132 valence electrons. The van der Waals surface area contributed by atoms with E-state index in [1.807, 2.05) is 0 Å². The first kappa shape index (κ1) is 22.5. The summed E-state index contributed by atoms with van der Waals surface area (Å²) in [6, 6.07) is 4.19. The molecule has 2 rings (SSSR count). The Hall–Kier alpha value is -0.470. The molecule has 1 atom stereocenters. The highest BCUT2D eigenvalue weighted by Gasteiger charge is 2.33. The molecule has 3 nitrogen and oxygen atoms in total. The zero-order chi connectivity index (χ0) is 15.5. The molecule has 1 aromatic rings. The number of hydrogen-bond acceptors (Lipinski definition) is 3. The highest BCUT2D eigenvalue weighted by molar-refractivity contribution is 9.10. The third-order valence-electron chi connectivity index (χ3n) is 3.28. The number of hydrogen-bond donors (Lipinski definition) is 1. The van der Waals surface area contributed by atoms with E-state index in [9.17, 15) is 13.2 Å². The molecule has 1 aliphatic heterocycles. The molecular formula is C14H18BrCl2F3N2O. The average Bonchev–Trinajstić information content (AvgIpc) is 2.42. The number of alkyl halides is 3. The second-order valence-corrected chi connectivity index (χ2v) is 5.61. The molecule has 0 saturated carbocycles. The van der Waals surface area contributed by atoms with Crippen LogP contribution in [0, 0.1) is 0 Å². The van der Waals surface area contributed by atoms with E-state index >= 15 is 0 Å². The first-order chi connectivity index (χ1) is 9.90. The Balaban J connectivity index is 0.00000242. The predicted octanol–water partition coefficient (Wildman–Crippen LogP) is 4.32. The Kier molecular flexibility index (Phi) is 9.54. The van der Waals surface area contributed by atoms with Gasteiger partial charge in [0.25, 0.3) is 0 Å². The maximum absolute atomic E-state index is 12.5. The van der Waals surface area contributed by atoms with E-state index in [0.717, 1.165) is 26.2 Å². The lowest BCUT2D eigenvalue weighted by atomic mass is 10.0. The molecular weight excluding hydrogens is 420 g/mol. The zero-order valence-corrected chi connectivity index (χ0v) is 15.3. The van der Waals surface area contributed by atoms with E-state index in [1.165, 1.54) is 12.1 Å². The standard InChI is InChI=1S/C14H16BrF3N2O.2ClH/c1-2-12(20-7-5-19-6-8-20)11-9-10(15)3-4-13(11)21-14(16,17)18;;/h2-4,9,12,19H,1,5-8H2;2*1H/t12-;;/m0../s1. The van der Waals surface area contributed by atoms with Crippen LogP contribution < -0.4 is 10.1 Å². The number of nitrogens with one attached hydrogen (secondary N) is 1. The van der Waals surface area contributed by atoms with Gasteiger partial charge in [-0.2, -0.15) is 0 Å². The molecule has 0 amide bonds. The Labute approximate surface area is 154 Å². The molecule has 0 unspecified atom stereocenters. The van der Waals surface area contributed by atoms with Crippen molar-refractivity contribution in [3.63, 3.8) is 0 Å². The molecule has 23 heavy (non-hydrogen) atoms. The van der Waals surface area contributed by atoms with Gasteiger partial charge in [-0.05, 0) is 18.2 Å². The summed E-state index contributed by atoms with van der Waals surface area (Å²) in [5.74, 6) is -0.186. The second kappa shape index (κ2) is 9.74. The van der Waals surface area contributed by atoms with Crippen molar-refractivity contribution in [2.24, 2.45) is 0 Å². The lowest BCUT2D eigenvalue weighted by Crippen LogP contribution is -2.44. The third kappa shape index (κ3) is 6.51. The Morgan fingerprint density at radius 2 is 1.87 bits per heavy atom. The lowest BCUT2D eigenvalue weighted by molar-refractivity contribution is -0.275. The molecule has 0 aromatic heterocycles. The van der Waals surface area contributed by atoms with Crippen LogP contribution in [0.5, 0.6) is 5.75 Å². The van der Waals surface area contributed by atoms with Gasteiger partial charge in [0.05, 0.1) is 6.04 Å². The minimum absolute atomic E-state index is 0. The van der Waals surface area contributed by atoms with E-state index in [-0.39, 0.29) is 36.6 Å². The fraction of sp³-hybridized carbons (Fsp3) is 0.429. The number of rotatable bonds is 4. The van der Waals surface area contributed by atoms with Crippen molar-refractivity contribution in [1.29, 1.82) is 0 Å². The van der Waals surface area contributed by atoms with Crippen LogP contribution in [-0.4, -0.2) is 37.4 Å². The summed E-state index contributed by atoms with van der Waals surface area (Å²) in [4.78, 5) is 2.08. The van der Waals surface area contributed by atoms with Crippen molar-refractivity contribution < 1.29 is 17.9 Å². The SMILES string of the molecule is C=C[C@@H](c1cc(Br)ccc1OC(F)(F)F)N1CCNCC1.Cl.Cl. The molecule has 1 heterocycles. The molecule has 0 aliphatic carbocycles. The average molecular weight is 438 g/mol. The summed E-state index contributed by atoms with van der Waals surface area (Å²) >= 11 is 3.30. The van der Waals surface area contributed by atoms with E-state index in [1.54, 1.807) is 12.1 Å². The molecule has 0 spiro atoms. The van der Waals surface area contributed by atoms with Gasteiger partial charge in [-0.25, -0.2) is 0 Å². The molecule has 1 N–H and O–H groups in total. The van der Waals surface area contributed by atoms with Crippen molar-refractivity contribution in [1.82, 2.24) is 10.2 Å². The Bertz CT molecular complexity index is 511. The van der Waals surface area contributed by atoms with Gasteiger partial charge in [-0.3, -0.25) is 4.90 Å². The van der Waals surface area contributed by atoms with Crippen molar-refractivity contribution in [2.75, 3.05) is 26.2 Å². The van der Waals surface area contributed by atoms with Gasteiger partial charge in [0.15, 0.2) is 0 Å². The van der Waals surface area contributed by atoms with Crippen molar-refractivity contribution in [3.8, 4) is 5.75 Å². The molecule has 0 radical (unpaired) electrons. The van der Waals surface area contributed by atoms with Gasteiger partial charge >= 0.3 is 6.36 Å². The summed E-state index contributed by atoms with van der Waals surface area (Å²) in [7, 11) is 0. The van der Waals surface area contributed by atoms with Gasteiger partial charge in [-0.15, -0.1) is 44.6 Å². The first-order valence-corrected chi connectivity index (χ1v) is 7.32. The topological polar surface area (TPSA) is 24.5 Å². The van der Waals surface area contributed by atoms with Crippen LogP contribution in [-0.2, 0) is 0 Å². The van der Waals surface area contributed by atoms with Crippen molar-refractivity contribution >= 4 is 40.7 Å². The Morgan fingerprint density at radius 1 is 1.26 bits per heavy atom. The molecule has 1 aliphatic rings. The monoisotopic (exact) mass is 436 g/mol. The highest BCUT2D eigenvalue weighted by atomic mass is 79.9. The molecule has 0 bridgehead atoms. The Morgan fingerprint density at radius 3 is 2.39 bits per heavy atom. The van der Waals surface area contributed by atoms with Crippen LogP contribution in [0.1, 0.15) is 11.6 Å². The molecule has 1 saturated heterocycles. The fourth-order valence-electron chi connectivity index (χ4n) is 2.40. The van der Waals surface area contributed by atoms with E-state index in [4.69, 9.17) is 0 Å². The van der Waals surface area contributed by atoms with Gasteiger partial charge in [0.1, 0.15) is 5.75 Å². The van der Waals surface area contributed by atoms with Gasteiger partial charge in [0.2, 0.25) is 0 Å². The van der Waals surface area contributed by atoms with E-state index in [0.29, 0.717) is 10.0 Å². The maximum atomic E-state index is 12.5. The smallest absolute Gasteiger partial charge is 0.405 e. The number of halogens is 6. The van der Waals surface area contributed by atoms with Gasteiger partial charge in [-0.1, -0.05) is 22.0 Å². The third-order valence-corrected chi connectivity index (χ3v) is 3.78. The quantitative estimate of drug-likeness (QED) is 0.709. The highest BCUT2D eigenvalue weighted by Crippen LogP contribution is 2.35. The zero-order valence-electron chi connectivity index (χ0n) is 12.1. The molecule has 1 fully saturated rings. The normalized spacial score (nSPS) is 16.7. The van der Waals surface area contributed by atoms with Gasteiger partial charge in [0, 0.05) is 36.2 Å². The summed E-state index contributed by atoms with van der Waals surface area (Å²) in [5, 5.41) is 3.21. The first-order valence-electron chi connectivity index (χ1n) is 6.53. The van der Waals surface area contributed by atoms with Crippen LogP contribution in [0.4, 0.5) is 13.2 Å². The lowest BCUT2D eigenvalue weighted by Gasteiger charge is -2.34. The maximum Gasteiger partial charge on any atom is 0.573 e. The van der Waals surface area contributed by atoms with Crippen molar-refractivity contribution in [3.05, 3.63) is 40.9 Å². The van der Waals surface area contributed by atoms with Crippen LogP contribution in [0.15, 0.2) is 35.3 Å². The molecule has 1 aromatic carbocycles. The van der Waals surface area contributed by atoms with Gasteiger partial charge < -0.3 is 10.1 Å². The minimum Gasteiger partial charge on any atom is -0.405 e. The van der Waals surface area contributed by atoms with Crippen molar-refractivity contribution in [2.45, 2.75) is 12.4 Å². The summed E-state index contributed by atoms with van der Waals surface area (Å²) in [5.41, 5.74) is 0.457. The van der Waals surface area contributed by atoms with Crippen LogP contribution in [0.3, 0.4) is 0 Å². The summed E-state index contributed by atoms with van der Waals surface area (Å²) < 4.78 is 42.5. The largest absolute Gasteiger partial charge is 0.573 e. The molecule has 9 heteroatoms. The van der Waals surface area contributed by atoms with E-state index in [2.05, 4.69) is 37.5 Å². The predicted molar refractivity (Wildman–Crippen MR) is 92.7 cm³/mol. The van der Waals surface area contributed by atoms with E-state index < -0.39 is 6.36 Å². The van der Waals surface area contributed by atoms with Crippen LogP contribution >= 0.6 is 40.7 Å². The number of piperazine rings is 1. The minimum atomic E-state index is -4.71. The van der Waals surface area contributed by atoms with Crippen LogP contribution in [0.25, 0.3) is 0 Å². The second-order valence-electron chi connectivity index (χ2n) is 4.70. The summed E-state index contributed by atoms with van der Waals surface area (Å²) in [6.45, 7) is 6.85. The number of ether oxygens (including phenoxy) is 1. The number of benzene rings is 1. The summed E-state index contributed by atoms with van der Waals surface area (Å²) in [6.07, 6.45) is -3.06. The number of nitrogens with zero attached hydrogens (tertiary/aromatic N) is 1. The fourth-order valence-corrected chi connectivity index (χ4v) is 2.78.